The number of rotatable bonds is 2. The van der Waals surface area contributed by atoms with Gasteiger partial charge in [-0.25, -0.2) is 0 Å². The molecule has 0 amide bonds. The monoisotopic (exact) mass is 232 g/mol. The van der Waals surface area contributed by atoms with Gasteiger partial charge >= 0.3 is 0 Å². The molecule has 0 aliphatic carbocycles. The normalized spacial score (nSPS) is 10.4. The van der Waals surface area contributed by atoms with Crippen molar-refractivity contribution < 1.29 is 0 Å². The fourth-order valence-electron chi connectivity index (χ4n) is 2.34. The molecule has 1 heterocycles. The minimum atomic E-state index is 0.402. The summed E-state index contributed by atoms with van der Waals surface area (Å²) in [5.74, 6) is 0. The first-order valence-electron chi connectivity index (χ1n) is 5.92. The molecule has 1 aromatic heterocycles. The van der Waals surface area contributed by atoms with Gasteiger partial charge in [-0.05, 0) is 11.6 Å². The van der Waals surface area contributed by atoms with Gasteiger partial charge in [-0.15, -0.1) is 0 Å². The Morgan fingerprint density at radius 3 is 2.44 bits per heavy atom. The zero-order valence-corrected chi connectivity index (χ0v) is 9.85. The van der Waals surface area contributed by atoms with Crippen LogP contribution in [0.4, 0.5) is 0 Å². The van der Waals surface area contributed by atoms with E-state index in [-0.39, 0.29) is 0 Å². The van der Waals surface area contributed by atoms with Gasteiger partial charge in [0, 0.05) is 22.2 Å². The van der Waals surface area contributed by atoms with Crippen molar-refractivity contribution >= 4 is 10.9 Å². The number of H-pyrrole nitrogens is 1. The van der Waals surface area contributed by atoms with Gasteiger partial charge < -0.3 is 4.98 Å². The Bertz CT molecular complexity index is 718. The maximum absolute atomic E-state index is 8.95. The summed E-state index contributed by atoms with van der Waals surface area (Å²) in [4.78, 5) is 3.34. The molecule has 0 radical (unpaired) electrons. The second kappa shape index (κ2) is 4.38. The standard InChI is InChI=1S/C16H12N2/c17-11-10-15-16(12-6-2-1-3-7-12)13-8-4-5-9-14(13)18-15/h1-9,18H,10H2. The molecule has 2 aromatic carbocycles. The Kier molecular flexibility index (Phi) is 2.59. The van der Waals surface area contributed by atoms with Gasteiger partial charge in [0.05, 0.1) is 12.5 Å². The third-order valence-corrected chi connectivity index (χ3v) is 3.10. The van der Waals surface area contributed by atoms with Gasteiger partial charge in [0.2, 0.25) is 0 Å². The van der Waals surface area contributed by atoms with E-state index in [9.17, 15) is 0 Å². The highest BCUT2D eigenvalue weighted by molar-refractivity contribution is 5.97. The smallest absolute Gasteiger partial charge is 0.0759 e. The van der Waals surface area contributed by atoms with E-state index >= 15 is 0 Å². The van der Waals surface area contributed by atoms with Crippen LogP contribution in [0, 0.1) is 11.3 Å². The van der Waals surface area contributed by atoms with Gasteiger partial charge in [-0.3, -0.25) is 0 Å². The van der Waals surface area contributed by atoms with E-state index in [0.29, 0.717) is 6.42 Å². The summed E-state index contributed by atoms with van der Waals surface area (Å²) in [5.41, 5.74) is 4.37. The Hall–Kier alpha value is -2.53. The van der Waals surface area contributed by atoms with Crippen LogP contribution in [0.3, 0.4) is 0 Å². The van der Waals surface area contributed by atoms with Crippen molar-refractivity contribution in [2.45, 2.75) is 6.42 Å². The van der Waals surface area contributed by atoms with Gasteiger partial charge in [0.25, 0.3) is 0 Å². The highest BCUT2D eigenvalue weighted by atomic mass is 14.7. The molecule has 0 aliphatic heterocycles. The Morgan fingerprint density at radius 1 is 0.944 bits per heavy atom. The summed E-state index contributed by atoms with van der Waals surface area (Å²) in [6.45, 7) is 0. The first kappa shape index (κ1) is 10.6. The van der Waals surface area contributed by atoms with E-state index in [2.05, 4.69) is 29.3 Å². The number of para-hydroxylation sites is 1. The summed E-state index contributed by atoms with van der Waals surface area (Å²) >= 11 is 0. The number of nitriles is 1. The van der Waals surface area contributed by atoms with E-state index in [0.717, 1.165) is 22.3 Å². The van der Waals surface area contributed by atoms with Crippen molar-refractivity contribution in [3.63, 3.8) is 0 Å². The zero-order valence-electron chi connectivity index (χ0n) is 9.85. The topological polar surface area (TPSA) is 39.6 Å². The molecule has 0 saturated heterocycles. The SMILES string of the molecule is N#CCc1[nH]c2ccccc2c1-c1ccccc1. The molecule has 0 fully saturated rings. The molecule has 1 N–H and O–H groups in total. The number of hydrogen-bond donors (Lipinski definition) is 1. The number of nitrogens with zero attached hydrogens (tertiary/aromatic N) is 1. The fourth-order valence-corrected chi connectivity index (χ4v) is 2.34. The van der Waals surface area contributed by atoms with Crippen LogP contribution in [0.25, 0.3) is 22.0 Å². The van der Waals surface area contributed by atoms with Crippen LogP contribution in [0.2, 0.25) is 0 Å². The van der Waals surface area contributed by atoms with Crippen LogP contribution in [-0.4, -0.2) is 4.98 Å². The molecule has 2 nitrogen and oxygen atoms in total. The van der Waals surface area contributed by atoms with Gasteiger partial charge in [-0.2, -0.15) is 5.26 Å². The van der Waals surface area contributed by atoms with Crippen LogP contribution in [0.5, 0.6) is 0 Å². The van der Waals surface area contributed by atoms with Crippen molar-refractivity contribution in [2.75, 3.05) is 0 Å². The predicted octanol–water partition coefficient (Wildman–Crippen LogP) is 3.90. The molecule has 2 heteroatoms. The second-order valence-electron chi connectivity index (χ2n) is 4.23. The van der Waals surface area contributed by atoms with E-state index in [1.165, 1.54) is 5.39 Å². The van der Waals surface area contributed by atoms with Crippen molar-refractivity contribution in [3.8, 4) is 17.2 Å². The highest BCUT2D eigenvalue weighted by Crippen LogP contribution is 2.32. The molecule has 18 heavy (non-hydrogen) atoms. The lowest BCUT2D eigenvalue weighted by Gasteiger charge is -2.02. The largest absolute Gasteiger partial charge is 0.357 e. The number of aromatic nitrogens is 1. The minimum absolute atomic E-state index is 0.402. The van der Waals surface area contributed by atoms with Crippen LogP contribution in [-0.2, 0) is 6.42 Å². The Labute approximate surface area is 106 Å². The summed E-state index contributed by atoms with van der Waals surface area (Å²) < 4.78 is 0. The van der Waals surface area contributed by atoms with Gasteiger partial charge in [0.1, 0.15) is 0 Å². The molecule has 86 valence electrons. The number of aromatic amines is 1. The Balaban J connectivity index is 2.32. The number of hydrogen-bond acceptors (Lipinski definition) is 1. The highest BCUT2D eigenvalue weighted by Gasteiger charge is 2.12. The molecular formula is C16H12N2. The molecule has 0 saturated carbocycles. The number of nitrogens with one attached hydrogen (secondary N) is 1. The summed E-state index contributed by atoms with van der Waals surface area (Å²) in [6.07, 6.45) is 0.402. The Morgan fingerprint density at radius 2 is 1.67 bits per heavy atom. The summed E-state index contributed by atoms with van der Waals surface area (Å²) in [7, 11) is 0. The lowest BCUT2D eigenvalue weighted by molar-refractivity contribution is 1.18. The molecule has 3 rings (SSSR count). The minimum Gasteiger partial charge on any atom is -0.357 e. The quantitative estimate of drug-likeness (QED) is 0.715. The maximum atomic E-state index is 8.95. The van der Waals surface area contributed by atoms with Crippen molar-refractivity contribution in [2.24, 2.45) is 0 Å². The fraction of sp³-hybridized carbons (Fsp3) is 0.0625. The van der Waals surface area contributed by atoms with Crippen LogP contribution in [0.15, 0.2) is 54.6 Å². The van der Waals surface area contributed by atoms with Gasteiger partial charge in [-0.1, -0.05) is 48.5 Å². The van der Waals surface area contributed by atoms with E-state index in [4.69, 9.17) is 5.26 Å². The lowest BCUT2D eigenvalue weighted by Crippen LogP contribution is -1.85. The van der Waals surface area contributed by atoms with Crippen LogP contribution in [0.1, 0.15) is 5.69 Å². The first-order chi connectivity index (χ1) is 8.90. The van der Waals surface area contributed by atoms with Crippen LogP contribution >= 0.6 is 0 Å². The summed E-state index contributed by atoms with van der Waals surface area (Å²) in [6, 6.07) is 20.6. The maximum Gasteiger partial charge on any atom is 0.0759 e. The third kappa shape index (κ3) is 1.66. The third-order valence-electron chi connectivity index (χ3n) is 3.10. The van der Waals surface area contributed by atoms with Crippen molar-refractivity contribution in [1.82, 2.24) is 4.98 Å². The molecule has 0 bridgehead atoms. The molecule has 0 aliphatic rings. The van der Waals surface area contributed by atoms with E-state index in [1.807, 2.05) is 36.4 Å². The van der Waals surface area contributed by atoms with E-state index in [1.54, 1.807) is 0 Å². The number of benzene rings is 2. The predicted molar refractivity (Wildman–Crippen MR) is 73.1 cm³/mol. The van der Waals surface area contributed by atoms with Crippen molar-refractivity contribution in [3.05, 3.63) is 60.3 Å². The lowest BCUT2D eigenvalue weighted by atomic mass is 10.0. The van der Waals surface area contributed by atoms with Crippen molar-refractivity contribution in [1.29, 1.82) is 5.26 Å². The second-order valence-corrected chi connectivity index (χ2v) is 4.23. The van der Waals surface area contributed by atoms with Crippen LogP contribution < -0.4 is 0 Å². The first-order valence-corrected chi connectivity index (χ1v) is 5.92. The van der Waals surface area contributed by atoms with E-state index < -0.39 is 0 Å². The molecule has 0 spiro atoms. The number of fused-ring (bicyclic) bond motifs is 1. The molecular weight excluding hydrogens is 220 g/mol. The molecule has 0 atom stereocenters. The average Bonchev–Trinajstić information content (AvgIpc) is 2.78. The molecule has 0 unspecified atom stereocenters. The molecule has 3 aromatic rings. The van der Waals surface area contributed by atoms with Gasteiger partial charge in [0.15, 0.2) is 0 Å². The average molecular weight is 232 g/mol. The summed E-state index contributed by atoms with van der Waals surface area (Å²) in [5, 5.41) is 10.1. The zero-order chi connectivity index (χ0) is 12.4.